The Morgan fingerprint density at radius 2 is 2.18 bits per heavy atom. The van der Waals surface area contributed by atoms with Gasteiger partial charge in [0.1, 0.15) is 5.78 Å². The van der Waals surface area contributed by atoms with Crippen LogP contribution in [-0.4, -0.2) is 19.0 Å². The van der Waals surface area contributed by atoms with E-state index >= 15 is 0 Å². The summed E-state index contributed by atoms with van der Waals surface area (Å²) in [6.45, 7) is 7.15. The van der Waals surface area contributed by atoms with E-state index in [2.05, 4.69) is 0 Å². The zero-order valence-electron chi connectivity index (χ0n) is 7.72. The minimum absolute atomic E-state index is 0.204. The molecule has 0 saturated heterocycles. The van der Waals surface area contributed by atoms with E-state index in [1.165, 1.54) is 0 Å². The minimum Gasteiger partial charge on any atom is -0.382 e. The summed E-state index contributed by atoms with van der Waals surface area (Å²) in [5, 5.41) is 0. The molecule has 1 unspecified atom stereocenters. The van der Waals surface area contributed by atoms with Gasteiger partial charge in [-0.1, -0.05) is 6.92 Å². The summed E-state index contributed by atoms with van der Waals surface area (Å²) in [7, 11) is 0. The molecule has 0 heterocycles. The van der Waals surface area contributed by atoms with Crippen molar-refractivity contribution in [3.8, 4) is 0 Å². The lowest BCUT2D eigenvalue weighted by Crippen LogP contribution is -2.07. The quantitative estimate of drug-likeness (QED) is 0.553. The van der Waals surface area contributed by atoms with Gasteiger partial charge >= 0.3 is 0 Å². The lowest BCUT2D eigenvalue weighted by molar-refractivity contribution is -0.120. The first-order valence-electron chi connectivity index (χ1n) is 4.26. The van der Waals surface area contributed by atoms with E-state index in [-0.39, 0.29) is 11.7 Å². The van der Waals surface area contributed by atoms with Crippen molar-refractivity contribution in [3.63, 3.8) is 0 Å². The number of Topliss-reactive ketones (excluding diaryl/α,β-unsaturated/α-hetero) is 1. The zero-order chi connectivity index (χ0) is 8.69. The molecule has 11 heavy (non-hydrogen) atoms. The average molecular weight is 158 g/mol. The van der Waals surface area contributed by atoms with Gasteiger partial charge in [-0.15, -0.1) is 0 Å². The van der Waals surface area contributed by atoms with Crippen LogP contribution >= 0.6 is 0 Å². The summed E-state index contributed by atoms with van der Waals surface area (Å²) in [6, 6.07) is 0. The van der Waals surface area contributed by atoms with Gasteiger partial charge in [0, 0.05) is 19.1 Å². The van der Waals surface area contributed by atoms with Gasteiger partial charge in [-0.05, 0) is 26.7 Å². The molecule has 0 radical (unpaired) electrons. The minimum atomic E-state index is 0.204. The fraction of sp³-hybridized carbons (Fsp3) is 0.889. The van der Waals surface area contributed by atoms with Crippen LogP contribution in [-0.2, 0) is 9.53 Å². The van der Waals surface area contributed by atoms with E-state index in [1.807, 2.05) is 13.8 Å². The van der Waals surface area contributed by atoms with Gasteiger partial charge in [-0.3, -0.25) is 4.79 Å². The van der Waals surface area contributed by atoms with Crippen molar-refractivity contribution in [2.75, 3.05) is 13.2 Å². The smallest absolute Gasteiger partial charge is 0.132 e. The Morgan fingerprint density at radius 1 is 1.55 bits per heavy atom. The first kappa shape index (κ1) is 10.6. The van der Waals surface area contributed by atoms with Crippen LogP contribution in [0.25, 0.3) is 0 Å². The van der Waals surface area contributed by atoms with Crippen molar-refractivity contribution < 1.29 is 9.53 Å². The number of ether oxygens (including phenoxy) is 1. The lowest BCUT2D eigenvalue weighted by atomic mass is 10.0. The number of hydrogen-bond donors (Lipinski definition) is 0. The Bertz CT molecular complexity index is 110. The third-order valence-electron chi connectivity index (χ3n) is 1.82. The second-order valence-electron chi connectivity index (χ2n) is 2.85. The molecule has 0 aliphatic carbocycles. The van der Waals surface area contributed by atoms with Crippen LogP contribution in [0.15, 0.2) is 0 Å². The topological polar surface area (TPSA) is 26.3 Å². The van der Waals surface area contributed by atoms with E-state index in [9.17, 15) is 4.79 Å². The number of carbonyl (C=O) groups is 1. The fourth-order valence-electron chi connectivity index (χ4n) is 0.839. The maximum Gasteiger partial charge on any atom is 0.132 e. The average Bonchev–Trinajstić information content (AvgIpc) is 1.97. The van der Waals surface area contributed by atoms with E-state index in [0.717, 1.165) is 26.1 Å². The molecule has 0 aliphatic rings. The molecule has 0 spiro atoms. The molecule has 2 heteroatoms. The highest BCUT2D eigenvalue weighted by molar-refractivity contribution is 5.77. The maximum absolute atomic E-state index is 10.8. The summed E-state index contributed by atoms with van der Waals surface area (Å²) in [6.07, 6.45) is 1.95. The molecular weight excluding hydrogens is 140 g/mol. The number of hydrogen-bond acceptors (Lipinski definition) is 2. The number of ketones is 1. The van der Waals surface area contributed by atoms with Crippen molar-refractivity contribution in [1.29, 1.82) is 0 Å². The molecule has 0 aliphatic heterocycles. The standard InChI is InChI=1S/C9H18O2/c1-4-11-7-5-6-8(2)9(3)10/h8H,4-7H2,1-3H3. The summed E-state index contributed by atoms with van der Waals surface area (Å²) >= 11 is 0. The first-order valence-corrected chi connectivity index (χ1v) is 4.26. The van der Waals surface area contributed by atoms with Crippen LogP contribution in [0.5, 0.6) is 0 Å². The summed E-state index contributed by atoms with van der Waals surface area (Å²) in [5.41, 5.74) is 0. The van der Waals surface area contributed by atoms with Crippen LogP contribution in [0, 0.1) is 5.92 Å². The highest BCUT2D eigenvalue weighted by Gasteiger charge is 2.05. The van der Waals surface area contributed by atoms with E-state index in [4.69, 9.17) is 4.74 Å². The second kappa shape index (κ2) is 6.35. The molecule has 0 bridgehead atoms. The Balaban J connectivity index is 3.17. The van der Waals surface area contributed by atoms with E-state index in [1.54, 1.807) is 6.92 Å². The molecule has 0 N–H and O–H groups in total. The maximum atomic E-state index is 10.8. The molecule has 66 valence electrons. The van der Waals surface area contributed by atoms with Crippen LogP contribution < -0.4 is 0 Å². The third-order valence-corrected chi connectivity index (χ3v) is 1.82. The van der Waals surface area contributed by atoms with Crippen LogP contribution in [0.1, 0.15) is 33.6 Å². The molecule has 0 aromatic carbocycles. The molecule has 0 fully saturated rings. The lowest BCUT2D eigenvalue weighted by Gasteiger charge is -2.06. The molecule has 0 amide bonds. The normalized spacial score (nSPS) is 13.0. The van der Waals surface area contributed by atoms with Gasteiger partial charge < -0.3 is 4.74 Å². The summed E-state index contributed by atoms with van der Waals surface area (Å²) in [4.78, 5) is 10.8. The SMILES string of the molecule is CCOCCCC(C)C(C)=O. The van der Waals surface area contributed by atoms with Crippen molar-refractivity contribution in [2.45, 2.75) is 33.6 Å². The van der Waals surface area contributed by atoms with Crippen LogP contribution in [0.2, 0.25) is 0 Å². The number of carbonyl (C=O) groups excluding carboxylic acids is 1. The van der Waals surface area contributed by atoms with Gasteiger partial charge in [-0.2, -0.15) is 0 Å². The fourth-order valence-corrected chi connectivity index (χ4v) is 0.839. The molecule has 0 aromatic heterocycles. The van der Waals surface area contributed by atoms with Crippen molar-refractivity contribution in [2.24, 2.45) is 5.92 Å². The van der Waals surface area contributed by atoms with Gasteiger partial charge in [0.25, 0.3) is 0 Å². The van der Waals surface area contributed by atoms with Crippen molar-refractivity contribution >= 4 is 5.78 Å². The Hall–Kier alpha value is -0.370. The summed E-state index contributed by atoms with van der Waals surface area (Å²) in [5.74, 6) is 0.483. The molecule has 0 aromatic rings. The van der Waals surface area contributed by atoms with Gasteiger partial charge in [0.15, 0.2) is 0 Å². The monoisotopic (exact) mass is 158 g/mol. The van der Waals surface area contributed by atoms with Crippen LogP contribution in [0.4, 0.5) is 0 Å². The van der Waals surface area contributed by atoms with Crippen LogP contribution in [0.3, 0.4) is 0 Å². The Morgan fingerprint density at radius 3 is 2.64 bits per heavy atom. The molecule has 0 saturated carbocycles. The second-order valence-corrected chi connectivity index (χ2v) is 2.85. The highest BCUT2D eigenvalue weighted by Crippen LogP contribution is 2.05. The molecule has 1 atom stereocenters. The predicted molar refractivity (Wildman–Crippen MR) is 45.6 cm³/mol. The zero-order valence-corrected chi connectivity index (χ0v) is 7.72. The third kappa shape index (κ3) is 6.05. The Kier molecular flexibility index (Phi) is 6.13. The predicted octanol–water partition coefficient (Wildman–Crippen LogP) is 2.03. The molecule has 2 nitrogen and oxygen atoms in total. The Labute approximate surface area is 68.9 Å². The largest absolute Gasteiger partial charge is 0.382 e. The van der Waals surface area contributed by atoms with Gasteiger partial charge in [-0.25, -0.2) is 0 Å². The first-order chi connectivity index (χ1) is 5.18. The van der Waals surface area contributed by atoms with E-state index in [0.29, 0.717) is 0 Å². The molecular formula is C9H18O2. The van der Waals surface area contributed by atoms with E-state index < -0.39 is 0 Å². The van der Waals surface area contributed by atoms with Crippen molar-refractivity contribution in [3.05, 3.63) is 0 Å². The number of rotatable bonds is 6. The highest BCUT2D eigenvalue weighted by atomic mass is 16.5. The van der Waals surface area contributed by atoms with Gasteiger partial charge in [0.2, 0.25) is 0 Å². The van der Waals surface area contributed by atoms with Crippen molar-refractivity contribution in [1.82, 2.24) is 0 Å². The summed E-state index contributed by atoms with van der Waals surface area (Å²) < 4.78 is 5.15. The molecule has 0 rings (SSSR count). The van der Waals surface area contributed by atoms with Gasteiger partial charge in [0.05, 0.1) is 0 Å².